The van der Waals surface area contributed by atoms with Gasteiger partial charge in [-0.15, -0.1) is 0 Å². The van der Waals surface area contributed by atoms with E-state index in [0.717, 1.165) is 18.4 Å². The van der Waals surface area contributed by atoms with Crippen LogP contribution in [0.25, 0.3) is 0 Å². The van der Waals surface area contributed by atoms with Gasteiger partial charge in [0.1, 0.15) is 5.60 Å². The van der Waals surface area contributed by atoms with E-state index in [4.69, 9.17) is 5.11 Å². The second-order valence-corrected chi connectivity index (χ2v) is 9.66. The number of carboxylic acid groups (broad SMARTS) is 1. The Bertz CT molecular complexity index is 928. The number of carboxylic acids is 1. The molecule has 0 bridgehead atoms. The van der Waals surface area contributed by atoms with Crippen molar-refractivity contribution in [3.63, 3.8) is 0 Å². The molecule has 2 N–H and O–H groups in total. The maximum atomic E-state index is 13.6. The second kappa shape index (κ2) is 7.24. The predicted molar refractivity (Wildman–Crippen MR) is 113 cm³/mol. The summed E-state index contributed by atoms with van der Waals surface area (Å²) in [4.78, 5) is 11.2. The summed E-state index contributed by atoms with van der Waals surface area (Å²) in [5.74, 6) is -1.03. The summed E-state index contributed by atoms with van der Waals surface area (Å²) in [6, 6.07) is 10.3. The molecule has 1 atom stereocenters. The third-order valence-corrected chi connectivity index (χ3v) is 6.71. The van der Waals surface area contributed by atoms with E-state index in [1.807, 2.05) is 6.92 Å². The van der Waals surface area contributed by atoms with Crippen molar-refractivity contribution in [3.8, 4) is 0 Å². The van der Waals surface area contributed by atoms with Crippen LogP contribution >= 0.6 is 0 Å². The largest absolute Gasteiger partial charge is 0.478 e. The highest BCUT2D eigenvalue weighted by Gasteiger charge is 2.40. The zero-order valence-electron chi connectivity index (χ0n) is 18.0. The lowest BCUT2D eigenvalue weighted by molar-refractivity contribution is 0.0619. The lowest BCUT2D eigenvalue weighted by Crippen LogP contribution is -2.36. The van der Waals surface area contributed by atoms with Crippen molar-refractivity contribution in [1.29, 1.82) is 0 Å². The van der Waals surface area contributed by atoms with Crippen LogP contribution < -0.4 is 0 Å². The van der Waals surface area contributed by atoms with Gasteiger partial charge in [0, 0.05) is 6.42 Å². The molecule has 1 unspecified atom stereocenters. The highest BCUT2D eigenvalue weighted by Crippen LogP contribution is 2.48. The minimum atomic E-state index is -1.51. The topological polar surface area (TPSA) is 57.5 Å². The number of benzene rings is 2. The average molecular weight is 399 g/mol. The van der Waals surface area contributed by atoms with Gasteiger partial charge in [0.2, 0.25) is 0 Å². The zero-order chi connectivity index (χ0) is 21.6. The van der Waals surface area contributed by atoms with Gasteiger partial charge in [0.25, 0.3) is 0 Å². The second-order valence-electron chi connectivity index (χ2n) is 9.66. The van der Waals surface area contributed by atoms with Gasteiger partial charge in [-0.25, -0.2) is 4.79 Å². The fraction of sp³-hybridized carbons (Fsp3) is 0.480. The molecule has 3 rings (SSSR count). The molecule has 156 valence electrons. The molecule has 1 aliphatic rings. The van der Waals surface area contributed by atoms with Gasteiger partial charge in [-0.3, -0.25) is 4.39 Å². The summed E-state index contributed by atoms with van der Waals surface area (Å²) in [5.41, 5.74) is 3.27. The average Bonchev–Trinajstić information content (AvgIpc) is 2.65. The van der Waals surface area contributed by atoms with Crippen molar-refractivity contribution in [2.24, 2.45) is 0 Å². The van der Waals surface area contributed by atoms with Gasteiger partial charge in [0.15, 0.2) is 0 Å². The predicted octanol–water partition coefficient (Wildman–Crippen LogP) is 5.64. The molecule has 0 amide bonds. The van der Waals surface area contributed by atoms with Gasteiger partial charge in [-0.05, 0) is 70.5 Å². The van der Waals surface area contributed by atoms with Crippen molar-refractivity contribution in [3.05, 3.63) is 69.8 Å². The van der Waals surface area contributed by atoms with Gasteiger partial charge in [-0.1, -0.05) is 52.0 Å². The molecule has 0 spiro atoms. The molecule has 0 saturated heterocycles. The molecule has 3 nitrogen and oxygen atoms in total. The number of hydrogen-bond acceptors (Lipinski definition) is 2. The lowest BCUT2D eigenvalue weighted by atomic mass is 9.62. The highest BCUT2D eigenvalue weighted by atomic mass is 19.1. The summed E-state index contributed by atoms with van der Waals surface area (Å²) in [6.45, 7) is 10.2. The van der Waals surface area contributed by atoms with Crippen LogP contribution in [0, 0.1) is 6.92 Å². The Labute approximate surface area is 172 Å². The Morgan fingerprint density at radius 2 is 1.55 bits per heavy atom. The maximum absolute atomic E-state index is 13.6. The standard InChI is InChI=1S/C25H31FO3/c1-16-14-20-21(24(4,5)11-10-23(20,2)3)15-19(16)25(29,12-13-26)18-8-6-17(7-9-18)22(27)28/h6-9,14-15,29H,10-13H2,1-5H3,(H,27,28). The Morgan fingerprint density at radius 1 is 1.03 bits per heavy atom. The van der Waals surface area contributed by atoms with Crippen LogP contribution in [-0.4, -0.2) is 22.9 Å². The first-order chi connectivity index (χ1) is 13.4. The Kier molecular flexibility index (Phi) is 5.37. The highest BCUT2D eigenvalue weighted by molar-refractivity contribution is 5.87. The number of alkyl halides is 1. The fourth-order valence-corrected chi connectivity index (χ4v) is 4.63. The van der Waals surface area contributed by atoms with E-state index in [1.54, 1.807) is 12.1 Å². The van der Waals surface area contributed by atoms with Crippen molar-refractivity contribution >= 4 is 5.97 Å². The molecular weight excluding hydrogens is 367 g/mol. The number of aryl methyl sites for hydroxylation is 1. The summed E-state index contributed by atoms with van der Waals surface area (Å²) in [6.07, 6.45) is 2.06. The summed E-state index contributed by atoms with van der Waals surface area (Å²) < 4.78 is 13.6. The Balaban J connectivity index is 2.21. The van der Waals surface area contributed by atoms with Crippen molar-refractivity contribution in [2.45, 2.75) is 70.3 Å². The molecule has 0 fully saturated rings. The molecule has 4 heteroatoms. The first kappa shape index (κ1) is 21.5. The number of carbonyl (C=O) groups is 1. The quantitative estimate of drug-likeness (QED) is 0.685. The van der Waals surface area contributed by atoms with E-state index in [9.17, 15) is 14.3 Å². The van der Waals surface area contributed by atoms with Crippen molar-refractivity contribution in [2.75, 3.05) is 6.67 Å². The van der Waals surface area contributed by atoms with E-state index in [-0.39, 0.29) is 22.8 Å². The van der Waals surface area contributed by atoms with Crippen LogP contribution in [0.2, 0.25) is 0 Å². The monoisotopic (exact) mass is 398 g/mol. The van der Waals surface area contributed by atoms with Gasteiger partial charge in [-0.2, -0.15) is 0 Å². The molecule has 29 heavy (non-hydrogen) atoms. The molecule has 1 aliphatic carbocycles. The van der Waals surface area contributed by atoms with Gasteiger partial charge in [0.05, 0.1) is 12.2 Å². The van der Waals surface area contributed by atoms with E-state index < -0.39 is 18.2 Å². The normalized spacial score (nSPS) is 19.3. The first-order valence-corrected chi connectivity index (χ1v) is 10.2. The van der Waals surface area contributed by atoms with Crippen LogP contribution in [0.4, 0.5) is 4.39 Å². The van der Waals surface area contributed by atoms with Crippen LogP contribution in [0.3, 0.4) is 0 Å². The molecule has 2 aromatic rings. The zero-order valence-corrected chi connectivity index (χ0v) is 18.0. The van der Waals surface area contributed by atoms with Crippen molar-refractivity contribution in [1.82, 2.24) is 0 Å². The molecule has 2 aromatic carbocycles. The summed E-state index contributed by atoms with van der Waals surface area (Å²) >= 11 is 0. The molecule has 0 aromatic heterocycles. The smallest absolute Gasteiger partial charge is 0.335 e. The minimum absolute atomic E-state index is 0.0307. The van der Waals surface area contributed by atoms with E-state index in [0.29, 0.717) is 11.1 Å². The molecule has 0 saturated carbocycles. The van der Waals surface area contributed by atoms with Crippen LogP contribution in [-0.2, 0) is 16.4 Å². The number of fused-ring (bicyclic) bond motifs is 1. The number of aliphatic hydroxyl groups is 1. The van der Waals surface area contributed by atoms with Crippen LogP contribution in [0.15, 0.2) is 36.4 Å². The summed E-state index contributed by atoms with van der Waals surface area (Å²) in [7, 11) is 0. The lowest BCUT2D eigenvalue weighted by Gasteiger charge is -2.43. The molecule has 0 heterocycles. The van der Waals surface area contributed by atoms with E-state index >= 15 is 0 Å². The SMILES string of the molecule is Cc1cc2c(cc1C(O)(CCF)c1ccc(C(=O)O)cc1)C(C)(C)CCC2(C)C. The van der Waals surface area contributed by atoms with E-state index in [2.05, 4.69) is 39.8 Å². The third-order valence-electron chi connectivity index (χ3n) is 6.71. The Morgan fingerprint density at radius 3 is 2.03 bits per heavy atom. The van der Waals surface area contributed by atoms with Crippen molar-refractivity contribution < 1.29 is 19.4 Å². The number of aromatic carboxylic acids is 1. The summed E-state index contributed by atoms with van der Waals surface area (Å²) in [5, 5.41) is 20.8. The number of hydrogen-bond donors (Lipinski definition) is 2. The molecular formula is C25H31FO3. The number of halogens is 1. The fourth-order valence-electron chi connectivity index (χ4n) is 4.63. The van der Waals surface area contributed by atoms with Crippen LogP contribution in [0.1, 0.15) is 85.1 Å². The van der Waals surface area contributed by atoms with Gasteiger partial charge < -0.3 is 10.2 Å². The maximum Gasteiger partial charge on any atom is 0.335 e. The van der Waals surface area contributed by atoms with Gasteiger partial charge >= 0.3 is 5.97 Å². The van der Waals surface area contributed by atoms with E-state index in [1.165, 1.54) is 23.3 Å². The molecule has 0 aliphatic heterocycles. The Hall–Kier alpha value is -2.20. The minimum Gasteiger partial charge on any atom is -0.478 e. The first-order valence-electron chi connectivity index (χ1n) is 10.2. The number of rotatable bonds is 5. The third kappa shape index (κ3) is 3.71. The molecule has 0 radical (unpaired) electrons. The van der Waals surface area contributed by atoms with Crippen LogP contribution in [0.5, 0.6) is 0 Å².